The molecule has 2 atom stereocenters. The number of rotatable bonds is 7. The van der Waals surface area contributed by atoms with E-state index in [9.17, 15) is 9.59 Å². The molecule has 0 bridgehead atoms. The predicted molar refractivity (Wildman–Crippen MR) is 103 cm³/mol. The largest absolute Gasteiger partial charge is 0.444 e. The number of amides is 2. The van der Waals surface area contributed by atoms with E-state index in [0.29, 0.717) is 11.5 Å². The lowest BCUT2D eigenvalue weighted by atomic mass is 10.1. The monoisotopic (exact) mass is 380 g/mol. The van der Waals surface area contributed by atoms with E-state index in [2.05, 4.69) is 10.6 Å². The van der Waals surface area contributed by atoms with Crippen molar-refractivity contribution in [3.63, 3.8) is 0 Å². The van der Waals surface area contributed by atoms with Crippen molar-refractivity contribution in [2.75, 3.05) is 24.0 Å². The van der Waals surface area contributed by atoms with Crippen molar-refractivity contribution in [2.45, 2.75) is 64.8 Å². The summed E-state index contributed by atoms with van der Waals surface area (Å²) >= 11 is 3.18. The molecule has 0 fully saturated rings. The van der Waals surface area contributed by atoms with Gasteiger partial charge in [-0.05, 0) is 54.1 Å². The van der Waals surface area contributed by atoms with E-state index in [1.165, 1.54) is 0 Å². The molecule has 2 unspecified atom stereocenters. The van der Waals surface area contributed by atoms with Crippen LogP contribution >= 0.6 is 23.5 Å². The average Bonchev–Trinajstić information content (AvgIpc) is 2.33. The normalized spacial score (nSPS) is 14.5. The van der Waals surface area contributed by atoms with Gasteiger partial charge in [0.2, 0.25) is 0 Å². The maximum absolute atomic E-state index is 12.1. The standard InChI is InChI=1S/C16H32N2O4S2/c1-15(2,3)21-13(19)17-11(9-23-7)12(10-24-8)18-14(20)22-16(4,5)6/h11-12H,9-10H2,1-8H3,(H,17,19)(H,18,20). The molecule has 0 spiro atoms. The molecule has 0 aromatic carbocycles. The number of ether oxygens (including phenoxy) is 2. The van der Waals surface area contributed by atoms with Crippen LogP contribution < -0.4 is 10.6 Å². The molecule has 0 aliphatic rings. The summed E-state index contributed by atoms with van der Waals surface area (Å²) in [6.45, 7) is 10.9. The summed E-state index contributed by atoms with van der Waals surface area (Å²) in [5.41, 5.74) is -1.14. The molecular formula is C16H32N2O4S2. The van der Waals surface area contributed by atoms with E-state index < -0.39 is 23.4 Å². The van der Waals surface area contributed by atoms with E-state index in [1.54, 1.807) is 23.5 Å². The molecule has 2 amide bonds. The van der Waals surface area contributed by atoms with E-state index in [4.69, 9.17) is 9.47 Å². The number of hydrogen-bond donors (Lipinski definition) is 2. The minimum atomic E-state index is -0.568. The Kier molecular flexibility index (Phi) is 9.96. The summed E-state index contributed by atoms with van der Waals surface area (Å²) in [5, 5.41) is 5.72. The van der Waals surface area contributed by atoms with Crippen molar-refractivity contribution in [1.82, 2.24) is 10.6 Å². The molecule has 0 aliphatic heterocycles. The number of hydrogen-bond acceptors (Lipinski definition) is 6. The molecule has 0 radical (unpaired) electrons. The molecular weight excluding hydrogens is 348 g/mol. The number of nitrogens with one attached hydrogen (secondary N) is 2. The topological polar surface area (TPSA) is 76.7 Å². The van der Waals surface area contributed by atoms with Crippen LogP contribution in [0, 0.1) is 0 Å². The van der Waals surface area contributed by atoms with Crippen LogP contribution in [0.25, 0.3) is 0 Å². The molecule has 0 heterocycles. The second kappa shape index (κ2) is 10.3. The van der Waals surface area contributed by atoms with Crippen LogP contribution in [0.4, 0.5) is 9.59 Å². The van der Waals surface area contributed by atoms with Gasteiger partial charge in [-0.15, -0.1) is 0 Å². The SMILES string of the molecule is CSCC(NC(=O)OC(C)(C)C)C(CSC)NC(=O)OC(C)(C)C. The Morgan fingerprint density at radius 2 is 1.08 bits per heavy atom. The maximum Gasteiger partial charge on any atom is 0.407 e. The highest BCUT2D eigenvalue weighted by Gasteiger charge is 2.28. The van der Waals surface area contributed by atoms with Crippen LogP contribution in [0.1, 0.15) is 41.5 Å². The van der Waals surface area contributed by atoms with Crippen molar-refractivity contribution in [3.05, 3.63) is 0 Å². The molecule has 6 nitrogen and oxygen atoms in total. The minimum absolute atomic E-state index is 0.255. The third-order valence-electron chi connectivity index (χ3n) is 2.58. The van der Waals surface area contributed by atoms with Crippen LogP contribution in [0.15, 0.2) is 0 Å². The van der Waals surface area contributed by atoms with Crippen molar-refractivity contribution in [3.8, 4) is 0 Å². The number of carbonyl (C=O) groups is 2. The van der Waals surface area contributed by atoms with E-state index in [-0.39, 0.29) is 12.1 Å². The van der Waals surface area contributed by atoms with Gasteiger partial charge in [0.15, 0.2) is 0 Å². The number of alkyl carbamates (subject to hydrolysis) is 2. The van der Waals surface area contributed by atoms with Crippen LogP contribution in [0.5, 0.6) is 0 Å². The lowest BCUT2D eigenvalue weighted by molar-refractivity contribution is 0.0444. The molecule has 0 aromatic rings. The Morgan fingerprint density at radius 1 is 0.792 bits per heavy atom. The number of carbonyl (C=O) groups excluding carboxylic acids is 2. The van der Waals surface area contributed by atoms with Gasteiger partial charge in [-0.25, -0.2) is 9.59 Å². The highest BCUT2D eigenvalue weighted by atomic mass is 32.2. The first-order valence-electron chi connectivity index (χ1n) is 7.85. The van der Waals surface area contributed by atoms with Crippen molar-refractivity contribution in [2.24, 2.45) is 0 Å². The van der Waals surface area contributed by atoms with Crippen molar-refractivity contribution < 1.29 is 19.1 Å². The maximum atomic E-state index is 12.1. The summed E-state index contributed by atoms with van der Waals surface area (Å²) in [5.74, 6) is 1.31. The van der Waals surface area contributed by atoms with Crippen LogP contribution in [0.2, 0.25) is 0 Å². The van der Waals surface area contributed by atoms with Gasteiger partial charge in [-0.2, -0.15) is 23.5 Å². The highest BCUT2D eigenvalue weighted by molar-refractivity contribution is 7.99. The predicted octanol–water partition coefficient (Wildman–Crippen LogP) is 3.50. The first-order chi connectivity index (χ1) is 10.9. The molecule has 8 heteroatoms. The van der Waals surface area contributed by atoms with Crippen molar-refractivity contribution >= 4 is 35.7 Å². The lowest BCUT2D eigenvalue weighted by Gasteiger charge is -2.30. The Hall–Kier alpha value is -0.760. The lowest BCUT2D eigenvalue weighted by Crippen LogP contribution is -2.55. The fourth-order valence-electron chi connectivity index (χ4n) is 1.79. The first kappa shape index (κ1) is 23.2. The third kappa shape index (κ3) is 11.7. The van der Waals surface area contributed by atoms with Gasteiger partial charge in [-0.1, -0.05) is 0 Å². The molecule has 0 aromatic heterocycles. The van der Waals surface area contributed by atoms with Gasteiger partial charge < -0.3 is 20.1 Å². The van der Waals surface area contributed by atoms with Crippen LogP contribution in [-0.4, -0.2) is 59.5 Å². The Labute approximate surface area is 154 Å². The summed E-state index contributed by atoms with van der Waals surface area (Å²) < 4.78 is 10.6. The molecule has 142 valence electrons. The van der Waals surface area contributed by atoms with Crippen LogP contribution in [-0.2, 0) is 9.47 Å². The van der Waals surface area contributed by atoms with Crippen LogP contribution in [0.3, 0.4) is 0 Å². The molecule has 0 aliphatic carbocycles. The van der Waals surface area contributed by atoms with Gasteiger partial charge >= 0.3 is 12.2 Å². The molecule has 0 saturated heterocycles. The van der Waals surface area contributed by atoms with Crippen molar-refractivity contribution in [1.29, 1.82) is 0 Å². The van der Waals surface area contributed by atoms with E-state index in [1.807, 2.05) is 54.1 Å². The Balaban J connectivity index is 4.95. The second-order valence-corrected chi connectivity index (χ2v) is 9.24. The summed E-state index contributed by atoms with van der Waals surface area (Å²) in [6, 6.07) is -0.510. The fraction of sp³-hybridized carbons (Fsp3) is 0.875. The molecule has 0 rings (SSSR count). The number of thioether (sulfide) groups is 2. The third-order valence-corrected chi connectivity index (χ3v) is 3.97. The second-order valence-electron chi connectivity index (χ2n) is 7.42. The first-order valence-corrected chi connectivity index (χ1v) is 10.6. The van der Waals surface area contributed by atoms with Gasteiger partial charge in [0.05, 0.1) is 12.1 Å². The van der Waals surface area contributed by atoms with E-state index >= 15 is 0 Å². The van der Waals surface area contributed by atoms with E-state index in [0.717, 1.165) is 0 Å². The zero-order valence-corrected chi connectivity index (χ0v) is 17.7. The Bertz CT molecular complexity index is 368. The van der Waals surface area contributed by atoms with Gasteiger partial charge in [0.25, 0.3) is 0 Å². The Morgan fingerprint density at radius 3 is 1.29 bits per heavy atom. The molecule has 24 heavy (non-hydrogen) atoms. The zero-order valence-electron chi connectivity index (χ0n) is 16.0. The molecule has 0 saturated carbocycles. The summed E-state index contributed by atoms with van der Waals surface area (Å²) in [6.07, 6.45) is 2.93. The zero-order chi connectivity index (χ0) is 19.0. The summed E-state index contributed by atoms with van der Waals surface area (Å²) in [7, 11) is 0. The van der Waals surface area contributed by atoms with Gasteiger partial charge in [0.1, 0.15) is 11.2 Å². The average molecular weight is 381 g/mol. The quantitative estimate of drug-likeness (QED) is 0.704. The molecule has 2 N–H and O–H groups in total. The van der Waals surface area contributed by atoms with Gasteiger partial charge in [0, 0.05) is 11.5 Å². The smallest absolute Gasteiger partial charge is 0.407 e. The minimum Gasteiger partial charge on any atom is -0.444 e. The fourth-order valence-corrected chi connectivity index (χ4v) is 3.14. The van der Waals surface area contributed by atoms with Gasteiger partial charge in [-0.3, -0.25) is 0 Å². The summed E-state index contributed by atoms with van der Waals surface area (Å²) in [4.78, 5) is 24.1. The highest BCUT2D eigenvalue weighted by Crippen LogP contribution is 2.12.